The van der Waals surface area contributed by atoms with E-state index in [0.29, 0.717) is 6.04 Å². The summed E-state index contributed by atoms with van der Waals surface area (Å²) in [5.74, 6) is 0.992. The molecule has 1 aromatic rings. The Balaban J connectivity index is 2.24. The summed E-state index contributed by atoms with van der Waals surface area (Å²) in [6.45, 7) is 2.06. The molecule has 0 aromatic heterocycles. The molecule has 78 valence electrons. The van der Waals surface area contributed by atoms with E-state index in [1.54, 1.807) is 23.9 Å². The first-order chi connectivity index (χ1) is 7.16. The molecule has 15 heavy (non-hydrogen) atoms. The van der Waals surface area contributed by atoms with Gasteiger partial charge in [0.15, 0.2) is 0 Å². The van der Waals surface area contributed by atoms with Crippen LogP contribution in [0.2, 0.25) is 0 Å². The van der Waals surface area contributed by atoms with E-state index in [-0.39, 0.29) is 5.69 Å². The average molecular weight is 222 g/mol. The van der Waals surface area contributed by atoms with Gasteiger partial charge in [0.1, 0.15) is 0 Å². The molecule has 0 radical (unpaired) electrons. The van der Waals surface area contributed by atoms with Crippen molar-refractivity contribution in [2.24, 2.45) is 4.99 Å². The number of hydrogen-bond acceptors (Lipinski definition) is 4. The third-order valence-corrected chi connectivity index (χ3v) is 3.39. The highest BCUT2D eigenvalue weighted by atomic mass is 32.2. The highest BCUT2D eigenvalue weighted by Crippen LogP contribution is 2.24. The van der Waals surface area contributed by atoms with Gasteiger partial charge in [0, 0.05) is 23.4 Å². The molecule has 1 aliphatic rings. The fourth-order valence-corrected chi connectivity index (χ4v) is 2.39. The number of thioether (sulfide) groups is 1. The third-order valence-electron chi connectivity index (χ3n) is 2.12. The van der Waals surface area contributed by atoms with Gasteiger partial charge in [-0.25, -0.2) is 0 Å². The molecule has 0 fully saturated rings. The van der Waals surface area contributed by atoms with Crippen LogP contribution in [0.5, 0.6) is 0 Å². The van der Waals surface area contributed by atoms with Gasteiger partial charge in [0.05, 0.1) is 16.0 Å². The van der Waals surface area contributed by atoms with Crippen molar-refractivity contribution in [2.75, 3.05) is 5.75 Å². The van der Waals surface area contributed by atoms with Crippen molar-refractivity contribution in [1.29, 1.82) is 0 Å². The number of nitro benzene ring substituents is 1. The van der Waals surface area contributed by atoms with Gasteiger partial charge >= 0.3 is 0 Å². The molecule has 4 nitrogen and oxygen atoms in total. The van der Waals surface area contributed by atoms with Gasteiger partial charge in [0.2, 0.25) is 0 Å². The molecule has 0 saturated heterocycles. The molecule has 1 aliphatic heterocycles. The molecule has 0 saturated carbocycles. The summed E-state index contributed by atoms with van der Waals surface area (Å²) in [5, 5.41) is 11.4. The number of non-ortho nitro benzene ring substituents is 1. The van der Waals surface area contributed by atoms with Gasteiger partial charge < -0.3 is 0 Å². The molecule has 5 heteroatoms. The Kier molecular flexibility index (Phi) is 2.73. The van der Waals surface area contributed by atoms with E-state index < -0.39 is 4.92 Å². The van der Waals surface area contributed by atoms with Gasteiger partial charge in [-0.15, -0.1) is 11.8 Å². The molecule has 1 atom stereocenters. The smallest absolute Gasteiger partial charge is 0.269 e. The third kappa shape index (κ3) is 2.18. The lowest BCUT2D eigenvalue weighted by Crippen LogP contribution is -1.94. The maximum Gasteiger partial charge on any atom is 0.269 e. The first-order valence-corrected chi connectivity index (χ1v) is 5.61. The van der Waals surface area contributed by atoms with Crippen molar-refractivity contribution >= 4 is 22.5 Å². The van der Waals surface area contributed by atoms with E-state index >= 15 is 0 Å². The zero-order valence-electron chi connectivity index (χ0n) is 8.21. The van der Waals surface area contributed by atoms with E-state index in [2.05, 4.69) is 11.9 Å². The Hall–Kier alpha value is -1.36. The molecular formula is C10H10N2O2S. The Morgan fingerprint density at radius 3 is 2.60 bits per heavy atom. The van der Waals surface area contributed by atoms with Crippen LogP contribution < -0.4 is 0 Å². The van der Waals surface area contributed by atoms with Crippen LogP contribution in [-0.4, -0.2) is 21.8 Å². The molecule has 0 spiro atoms. The van der Waals surface area contributed by atoms with Gasteiger partial charge in [0.25, 0.3) is 5.69 Å². The fraction of sp³-hybridized carbons (Fsp3) is 0.300. The number of benzene rings is 1. The minimum atomic E-state index is -0.393. The van der Waals surface area contributed by atoms with E-state index in [0.717, 1.165) is 16.4 Å². The van der Waals surface area contributed by atoms with Crippen LogP contribution >= 0.6 is 11.8 Å². The first-order valence-electron chi connectivity index (χ1n) is 4.62. The summed E-state index contributed by atoms with van der Waals surface area (Å²) in [4.78, 5) is 14.5. The molecule has 1 aromatic carbocycles. The molecule has 0 amide bonds. The molecule has 2 rings (SSSR count). The Bertz CT molecular complexity index is 414. The fourth-order valence-electron chi connectivity index (χ4n) is 1.36. The lowest BCUT2D eigenvalue weighted by Gasteiger charge is -1.98. The van der Waals surface area contributed by atoms with Crippen LogP contribution in [-0.2, 0) is 0 Å². The molecule has 0 bridgehead atoms. The minimum Gasteiger partial charge on any atom is -0.274 e. The van der Waals surface area contributed by atoms with Gasteiger partial charge in [-0.3, -0.25) is 15.1 Å². The summed E-state index contributed by atoms with van der Waals surface area (Å²) >= 11 is 1.70. The van der Waals surface area contributed by atoms with E-state index in [1.165, 1.54) is 12.1 Å². The second-order valence-corrected chi connectivity index (χ2v) is 4.41. The molecule has 0 N–H and O–H groups in total. The standard InChI is InChI=1S/C10H10N2O2S/c1-7-6-15-10(11-7)8-2-4-9(5-3-8)12(13)14/h2-5,7H,6H2,1H3. The highest BCUT2D eigenvalue weighted by Gasteiger charge is 2.16. The normalized spacial score (nSPS) is 20.1. The topological polar surface area (TPSA) is 55.5 Å². The number of rotatable bonds is 2. The Morgan fingerprint density at radius 2 is 2.13 bits per heavy atom. The van der Waals surface area contributed by atoms with Crippen LogP contribution in [0.4, 0.5) is 5.69 Å². The van der Waals surface area contributed by atoms with Crippen molar-refractivity contribution in [1.82, 2.24) is 0 Å². The van der Waals surface area contributed by atoms with Crippen LogP contribution in [0, 0.1) is 10.1 Å². The number of aliphatic imine (C=N–C) groups is 1. The Labute approximate surface area is 91.6 Å². The predicted molar refractivity (Wildman–Crippen MR) is 61.6 cm³/mol. The van der Waals surface area contributed by atoms with Crippen LogP contribution in [0.15, 0.2) is 29.3 Å². The summed E-state index contributed by atoms with van der Waals surface area (Å²) < 4.78 is 0. The minimum absolute atomic E-state index is 0.121. The predicted octanol–water partition coefficient (Wildman–Crippen LogP) is 2.48. The molecular weight excluding hydrogens is 212 g/mol. The van der Waals surface area contributed by atoms with Crippen LogP contribution in [0.3, 0.4) is 0 Å². The molecule has 0 aliphatic carbocycles. The number of nitrogens with zero attached hydrogens (tertiary/aromatic N) is 2. The number of nitro groups is 1. The van der Waals surface area contributed by atoms with Crippen molar-refractivity contribution in [2.45, 2.75) is 13.0 Å². The summed E-state index contributed by atoms with van der Waals surface area (Å²) in [5.41, 5.74) is 1.09. The maximum atomic E-state index is 10.5. The Morgan fingerprint density at radius 1 is 1.47 bits per heavy atom. The lowest BCUT2D eigenvalue weighted by atomic mass is 10.2. The summed E-state index contributed by atoms with van der Waals surface area (Å²) in [6.07, 6.45) is 0. The molecule has 1 unspecified atom stereocenters. The van der Waals surface area contributed by atoms with Crippen molar-refractivity contribution < 1.29 is 4.92 Å². The highest BCUT2D eigenvalue weighted by molar-refractivity contribution is 8.14. The van der Waals surface area contributed by atoms with Crippen LogP contribution in [0.1, 0.15) is 12.5 Å². The monoisotopic (exact) mass is 222 g/mol. The van der Waals surface area contributed by atoms with Gasteiger partial charge in [-0.2, -0.15) is 0 Å². The second kappa shape index (κ2) is 4.02. The second-order valence-electron chi connectivity index (χ2n) is 3.40. The number of hydrogen-bond donors (Lipinski definition) is 0. The lowest BCUT2D eigenvalue weighted by molar-refractivity contribution is -0.384. The average Bonchev–Trinajstić information content (AvgIpc) is 2.65. The quantitative estimate of drug-likeness (QED) is 0.570. The van der Waals surface area contributed by atoms with Crippen molar-refractivity contribution in [3.05, 3.63) is 39.9 Å². The SMILES string of the molecule is CC1CSC(c2ccc([N+](=O)[O-])cc2)=N1. The zero-order chi connectivity index (χ0) is 10.8. The van der Waals surface area contributed by atoms with E-state index in [4.69, 9.17) is 0 Å². The summed E-state index contributed by atoms with van der Waals surface area (Å²) in [6, 6.07) is 6.88. The van der Waals surface area contributed by atoms with Gasteiger partial charge in [-0.05, 0) is 19.1 Å². The largest absolute Gasteiger partial charge is 0.274 e. The van der Waals surface area contributed by atoms with Crippen LogP contribution in [0.25, 0.3) is 0 Å². The maximum absolute atomic E-state index is 10.5. The van der Waals surface area contributed by atoms with Gasteiger partial charge in [-0.1, -0.05) is 0 Å². The summed E-state index contributed by atoms with van der Waals surface area (Å²) in [7, 11) is 0. The van der Waals surface area contributed by atoms with E-state index in [1.807, 2.05) is 0 Å². The van der Waals surface area contributed by atoms with Crippen molar-refractivity contribution in [3.63, 3.8) is 0 Å². The zero-order valence-corrected chi connectivity index (χ0v) is 9.03. The molecule has 1 heterocycles. The van der Waals surface area contributed by atoms with Crippen molar-refractivity contribution in [3.8, 4) is 0 Å². The first kappa shape index (κ1) is 10.2. The van der Waals surface area contributed by atoms with E-state index in [9.17, 15) is 10.1 Å².